The van der Waals surface area contributed by atoms with Crippen molar-refractivity contribution in [3.05, 3.63) is 29.8 Å². The summed E-state index contributed by atoms with van der Waals surface area (Å²) in [7, 11) is 0. The van der Waals surface area contributed by atoms with Crippen molar-refractivity contribution in [2.45, 2.75) is 25.9 Å². The zero-order valence-corrected chi connectivity index (χ0v) is 10.6. The average molecular weight is 275 g/mol. The van der Waals surface area contributed by atoms with Gasteiger partial charge in [-0.3, -0.25) is 4.79 Å². The maximum atomic E-state index is 12.4. The van der Waals surface area contributed by atoms with E-state index in [1.807, 2.05) is 6.92 Å². The summed E-state index contributed by atoms with van der Waals surface area (Å²) in [5, 5.41) is 2.61. The van der Waals surface area contributed by atoms with Crippen molar-refractivity contribution < 1.29 is 22.7 Å². The first kappa shape index (κ1) is 15.3. The van der Waals surface area contributed by atoms with E-state index in [4.69, 9.17) is 4.74 Å². The molecule has 1 aromatic rings. The van der Waals surface area contributed by atoms with Crippen molar-refractivity contribution >= 4 is 5.91 Å². The first-order valence-electron chi connectivity index (χ1n) is 6.00. The van der Waals surface area contributed by atoms with Gasteiger partial charge in [-0.15, -0.1) is 0 Å². The number of halogens is 3. The van der Waals surface area contributed by atoms with Gasteiger partial charge in [0.2, 0.25) is 0 Å². The van der Waals surface area contributed by atoms with Crippen LogP contribution >= 0.6 is 0 Å². The molecule has 0 atom stereocenters. The third-order valence-electron chi connectivity index (χ3n) is 2.38. The molecule has 0 heterocycles. The maximum Gasteiger partial charge on any atom is 0.416 e. The summed E-state index contributed by atoms with van der Waals surface area (Å²) in [6.45, 7) is 2.25. The summed E-state index contributed by atoms with van der Waals surface area (Å²) in [4.78, 5) is 11.3. The first-order chi connectivity index (χ1) is 8.93. The van der Waals surface area contributed by atoms with E-state index in [1.165, 1.54) is 12.1 Å². The van der Waals surface area contributed by atoms with Gasteiger partial charge in [0.15, 0.2) is 6.61 Å². The standard InChI is InChI=1S/C13H16F3NO2/c1-2-3-7-17-12(18)9-19-11-6-4-5-10(8-11)13(14,15)16/h4-6,8H,2-3,7,9H2,1H3,(H,17,18). The lowest BCUT2D eigenvalue weighted by atomic mass is 10.2. The van der Waals surface area contributed by atoms with Crippen molar-refractivity contribution in [3.8, 4) is 5.75 Å². The smallest absolute Gasteiger partial charge is 0.416 e. The number of nitrogens with one attached hydrogen (secondary N) is 1. The fraction of sp³-hybridized carbons (Fsp3) is 0.462. The van der Waals surface area contributed by atoms with Crippen molar-refractivity contribution in [3.63, 3.8) is 0 Å². The predicted octanol–water partition coefficient (Wildman–Crippen LogP) is 3.00. The summed E-state index contributed by atoms with van der Waals surface area (Å²) in [5.74, 6) is -0.314. The number of benzene rings is 1. The van der Waals surface area contributed by atoms with Crippen LogP contribution in [-0.4, -0.2) is 19.1 Å². The molecule has 0 spiro atoms. The van der Waals surface area contributed by atoms with Gasteiger partial charge >= 0.3 is 6.18 Å². The fourth-order valence-electron chi connectivity index (χ4n) is 1.37. The molecule has 6 heteroatoms. The van der Waals surface area contributed by atoms with Crippen LogP contribution < -0.4 is 10.1 Å². The number of carbonyl (C=O) groups excluding carboxylic acids is 1. The summed E-state index contributed by atoms with van der Waals surface area (Å²) in [5.41, 5.74) is -0.795. The number of rotatable bonds is 6. The molecule has 1 N–H and O–H groups in total. The quantitative estimate of drug-likeness (QED) is 0.810. The first-order valence-corrected chi connectivity index (χ1v) is 6.00. The van der Waals surface area contributed by atoms with Crippen molar-refractivity contribution in [2.24, 2.45) is 0 Å². The minimum Gasteiger partial charge on any atom is -0.484 e. The minimum atomic E-state index is -4.41. The fourth-order valence-corrected chi connectivity index (χ4v) is 1.37. The van der Waals surface area contributed by atoms with E-state index in [1.54, 1.807) is 0 Å². The van der Waals surface area contributed by atoms with Gasteiger partial charge in [-0.1, -0.05) is 19.4 Å². The normalized spacial score (nSPS) is 11.2. The number of hydrogen-bond acceptors (Lipinski definition) is 2. The van der Waals surface area contributed by atoms with Gasteiger partial charge in [0.1, 0.15) is 5.75 Å². The molecule has 1 rings (SSSR count). The Morgan fingerprint density at radius 3 is 2.74 bits per heavy atom. The Kier molecular flexibility index (Phi) is 5.66. The molecule has 0 aromatic heterocycles. The molecule has 3 nitrogen and oxygen atoms in total. The van der Waals surface area contributed by atoms with E-state index in [2.05, 4.69) is 5.32 Å². The van der Waals surface area contributed by atoms with Crippen LogP contribution in [0.5, 0.6) is 5.75 Å². The summed E-state index contributed by atoms with van der Waals surface area (Å²) in [6, 6.07) is 4.45. The van der Waals surface area contributed by atoms with E-state index in [0.717, 1.165) is 25.0 Å². The van der Waals surface area contributed by atoms with Gasteiger partial charge in [-0.2, -0.15) is 13.2 Å². The van der Waals surface area contributed by atoms with Crippen LogP contribution in [0.15, 0.2) is 24.3 Å². The lowest BCUT2D eigenvalue weighted by Crippen LogP contribution is -2.29. The summed E-state index contributed by atoms with van der Waals surface area (Å²) < 4.78 is 42.3. The second kappa shape index (κ2) is 7.01. The Morgan fingerprint density at radius 1 is 1.37 bits per heavy atom. The third kappa shape index (κ3) is 5.63. The van der Waals surface area contributed by atoms with Gasteiger partial charge in [0, 0.05) is 6.54 Å². The van der Waals surface area contributed by atoms with Gasteiger partial charge < -0.3 is 10.1 Å². The summed E-state index contributed by atoms with van der Waals surface area (Å²) >= 11 is 0. The molecule has 0 unspecified atom stereocenters. The molecular formula is C13H16F3NO2. The van der Waals surface area contributed by atoms with E-state index < -0.39 is 11.7 Å². The van der Waals surface area contributed by atoms with Crippen LogP contribution in [-0.2, 0) is 11.0 Å². The highest BCUT2D eigenvalue weighted by Gasteiger charge is 2.30. The third-order valence-corrected chi connectivity index (χ3v) is 2.38. The highest BCUT2D eigenvalue weighted by atomic mass is 19.4. The van der Waals surface area contributed by atoms with Crippen LogP contribution in [0.3, 0.4) is 0 Å². The number of unbranched alkanes of at least 4 members (excludes halogenated alkanes) is 1. The van der Waals surface area contributed by atoms with E-state index in [0.29, 0.717) is 6.54 Å². The monoisotopic (exact) mass is 275 g/mol. The Morgan fingerprint density at radius 2 is 2.11 bits per heavy atom. The maximum absolute atomic E-state index is 12.4. The molecule has 0 saturated heterocycles. The SMILES string of the molecule is CCCCNC(=O)COc1cccc(C(F)(F)F)c1. The topological polar surface area (TPSA) is 38.3 Å². The van der Waals surface area contributed by atoms with Crippen molar-refractivity contribution in [1.82, 2.24) is 5.32 Å². The lowest BCUT2D eigenvalue weighted by molar-refractivity contribution is -0.137. The lowest BCUT2D eigenvalue weighted by Gasteiger charge is -2.10. The molecule has 106 valence electrons. The second-order valence-electron chi connectivity index (χ2n) is 4.02. The van der Waals surface area contributed by atoms with Crippen LogP contribution in [0.1, 0.15) is 25.3 Å². The second-order valence-corrected chi connectivity index (χ2v) is 4.02. The molecule has 1 aromatic carbocycles. The number of carbonyl (C=O) groups is 1. The number of hydrogen-bond donors (Lipinski definition) is 1. The molecule has 0 radical (unpaired) electrons. The molecular weight excluding hydrogens is 259 g/mol. The van der Waals surface area contributed by atoms with Crippen LogP contribution in [0, 0.1) is 0 Å². The van der Waals surface area contributed by atoms with E-state index in [-0.39, 0.29) is 18.3 Å². The van der Waals surface area contributed by atoms with E-state index in [9.17, 15) is 18.0 Å². The Hall–Kier alpha value is -1.72. The molecule has 0 bridgehead atoms. The molecule has 0 saturated carbocycles. The van der Waals surface area contributed by atoms with Gasteiger partial charge in [-0.25, -0.2) is 0 Å². The molecule has 0 aliphatic carbocycles. The zero-order valence-electron chi connectivity index (χ0n) is 10.6. The Labute approximate surface area is 109 Å². The number of ether oxygens (including phenoxy) is 1. The molecule has 0 aliphatic heterocycles. The van der Waals surface area contributed by atoms with Crippen molar-refractivity contribution in [1.29, 1.82) is 0 Å². The van der Waals surface area contributed by atoms with Crippen molar-refractivity contribution in [2.75, 3.05) is 13.2 Å². The van der Waals surface area contributed by atoms with Gasteiger partial charge in [-0.05, 0) is 24.6 Å². The Balaban J connectivity index is 2.47. The number of amides is 1. The van der Waals surface area contributed by atoms with E-state index >= 15 is 0 Å². The highest BCUT2D eigenvalue weighted by molar-refractivity contribution is 5.77. The average Bonchev–Trinajstić information content (AvgIpc) is 2.36. The van der Waals surface area contributed by atoms with Gasteiger partial charge in [0.05, 0.1) is 5.56 Å². The predicted molar refractivity (Wildman–Crippen MR) is 64.9 cm³/mol. The number of alkyl halides is 3. The Bertz CT molecular complexity index is 419. The minimum absolute atomic E-state index is 0.0282. The van der Waals surface area contributed by atoms with Crippen LogP contribution in [0.4, 0.5) is 13.2 Å². The van der Waals surface area contributed by atoms with Crippen LogP contribution in [0.25, 0.3) is 0 Å². The molecule has 0 aliphatic rings. The molecule has 19 heavy (non-hydrogen) atoms. The van der Waals surface area contributed by atoms with Gasteiger partial charge in [0.25, 0.3) is 5.91 Å². The molecule has 1 amide bonds. The highest BCUT2D eigenvalue weighted by Crippen LogP contribution is 2.31. The zero-order chi connectivity index (χ0) is 14.3. The summed E-state index contributed by atoms with van der Waals surface area (Å²) in [6.07, 6.45) is -2.60. The largest absolute Gasteiger partial charge is 0.484 e. The van der Waals surface area contributed by atoms with Crippen LogP contribution in [0.2, 0.25) is 0 Å². The molecule has 0 fully saturated rings.